The number of hydrogen-bond donors (Lipinski definition) is 1. The first kappa shape index (κ1) is 15.8. The van der Waals surface area contributed by atoms with E-state index in [1.807, 2.05) is 13.8 Å². The Balaban J connectivity index is 4.23. The Bertz CT molecular complexity index is 299. The Morgan fingerprint density at radius 1 is 1.06 bits per heavy atom. The summed E-state index contributed by atoms with van der Waals surface area (Å²) in [5, 5.41) is 2.67. The molecule has 1 N–H and O–H groups in total. The van der Waals surface area contributed by atoms with E-state index in [4.69, 9.17) is 0 Å². The average Bonchev–Trinajstić information content (AvgIpc) is 2.27. The fourth-order valence-corrected chi connectivity index (χ4v) is 1.24. The molecule has 0 aromatic heterocycles. The number of rotatable bonds is 7. The predicted molar refractivity (Wildman–Crippen MR) is 66.5 cm³/mol. The van der Waals surface area contributed by atoms with Crippen LogP contribution in [0.15, 0.2) is 0 Å². The molecule has 0 saturated carbocycles. The zero-order valence-corrected chi connectivity index (χ0v) is 11.4. The second-order valence-corrected chi connectivity index (χ2v) is 4.72. The maximum atomic E-state index is 11.7. The van der Waals surface area contributed by atoms with Gasteiger partial charge in [0.25, 0.3) is 0 Å². The number of Topliss-reactive ketones (excluding diaryl/α,β-unsaturated/α-hetero) is 2. The van der Waals surface area contributed by atoms with Crippen molar-refractivity contribution in [3.63, 3.8) is 0 Å². The van der Waals surface area contributed by atoms with Gasteiger partial charge in [-0.25, -0.2) is 0 Å². The van der Waals surface area contributed by atoms with Gasteiger partial charge < -0.3 is 5.32 Å². The van der Waals surface area contributed by atoms with Gasteiger partial charge in [-0.1, -0.05) is 20.8 Å². The summed E-state index contributed by atoms with van der Waals surface area (Å²) in [5.74, 6) is -0.562. The molecule has 0 saturated heterocycles. The number of hydrogen-bond acceptors (Lipinski definition) is 3. The first-order valence-corrected chi connectivity index (χ1v) is 6.13. The Kier molecular flexibility index (Phi) is 6.69. The van der Waals surface area contributed by atoms with Crippen LogP contribution in [-0.4, -0.2) is 23.5 Å². The van der Waals surface area contributed by atoms with Gasteiger partial charge in [0.2, 0.25) is 5.91 Å². The molecule has 0 spiro atoms. The molecule has 0 fully saturated rings. The Morgan fingerprint density at radius 2 is 1.59 bits per heavy atom. The molecule has 0 heterocycles. The fourth-order valence-electron chi connectivity index (χ4n) is 1.24. The highest BCUT2D eigenvalue weighted by Crippen LogP contribution is 2.07. The highest BCUT2D eigenvalue weighted by Gasteiger charge is 2.21. The molecule has 0 unspecified atom stereocenters. The molecule has 0 aromatic carbocycles. The summed E-state index contributed by atoms with van der Waals surface area (Å²) in [4.78, 5) is 34.4. The lowest BCUT2D eigenvalue weighted by atomic mass is 9.97. The van der Waals surface area contributed by atoms with Crippen LogP contribution in [0.3, 0.4) is 0 Å². The molecular weight excluding hydrogens is 218 g/mol. The maximum Gasteiger partial charge on any atom is 0.223 e. The van der Waals surface area contributed by atoms with Gasteiger partial charge in [-0.15, -0.1) is 0 Å². The molecular formula is C13H23NO3. The fraction of sp³-hybridized carbons (Fsp3) is 0.769. The Morgan fingerprint density at radius 3 is 2.00 bits per heavy atom. The van der Waals surface area contributed by atoms with E-state index in [0.717, 1.165) is 6.42 Å². The molecule has 4 heteroatoms. The minimum absolute atomic E-state index is 0.00111. The topological polar surface area (TPSA) is 63.2 Å². The van der Waals surface area contributed by atoms with Crippen LogP contribution >= 0.6 is 0 Å². The van der Waals surface area contributed by atoms with E-state index in [2.05, 4.69) is 5.32 Å². The quantitative estimate of drug-likeness (QED) is 0.738. The van der Waals surface area contributed by atoms with Gasteiger partial charge in [0.1, 0.15) is 5.78 Å². The van der Waals surface area contributed by atoms with E-state index in [1.165, 1.54) is 6.92 Å². The van der Waals surface area contributed by atoms with E-state index in [-0.39, 0.29) is 35.7 Å². The number of amides is 1. The third-order valence-electron chi connectivity index (χ3n) is 3.10. The van der Waals surface area contributed by atoms with Crippen LogP contribution in [0, 0.1) is 11.8 Å². The summed E-state index contributed by atoms with van der Waals surface area (Å²) in [6.45, 7) is 8.61. The summed E-state index contributed by atoms with van der Waals surface area (Å²) < 4.78 is 0. The normalized spacial score (nSPS) is 15.8. The molecule has 1 amide bonds. The Hall–Kier alpha value is -1.19. The van der Waals surface area contributed by atoms with Crippen LogP contribution in [0.1, 0.15) is 47.5 Å². The lowest BCUT2D eigenvalue weighted by Crippen LogP contribution is -2.41. The van der Waals surface area contributed by atoms with Crippen molar-refractivity contribution in [1.82, 2.24) is 5.32 Å². The van der Waals surface area contributed by atoms with Crippen molar-refractivity contribution in [2.45, 2.75) is 53.5 Å². The van der Waals surface area contributed by atoms with E-state index in [0.29, 0.717) is 0 Å². The molecule has 98 valence electrons. The molecule has 3 atom stereocenters. The van der Waals surface area contributed by atoms with Gasteiger partial charge >= 0.3 is 0 Å². The summed E-state index contributed by atoms with van der Waals surface area (Å²) in [7, 11) is 0. The van der Waals surface area contributed by atoms with E-state index >= 15 is 0 Å². The third-order valence-corrected chi connectivity index (χ3v) is 3.10. The highest BCUT2D eigenvalue weighted by molar-refractivity contribution is 5.92. The van der Waals surface area contributed by atoms with Crippen LogP contribution in [0.25, 0.3) is 0 Å². The number of nitrogens with one attached hydrogen (secondary N) is 1. The number of carbonyl (C=O) groups excluding carboxylic acids is 3. The van der Waals surface area contributed by atoms with E-state index in [1.54, 1.807) is 13.8 Å². The first-order chi connectivity index (χ1) is 7.79. The van der Waals surface area contributed by atoms with E-state index in [9.17, 15) is 14.4 Å². The van der Waals surface area contributed by atoms with Gasteiger partial charge in [0.05, 0.1) is 6.04 Å². The first-order valence-electron chi connectivity index (χ1n) is 6.13. The molecule has 0 radical (unpaired) electrons. The summed E-state index contributed by atoms with van der Waals surface area (Å²) in [6.07, 6.45) is 0.938. The number of ketones is 2. The van der Waals surface area contributed by atoms with Crippen LogP contribution < -0.4 is 5.32 Å². The molecule has 0 aliphatic rings. The monoisotopic (exact) mass is 241 g/mol. The zero-order valence-electron chi connectivity index (χ0n) is 11.4. The minimum atomic E-state index is -0.515. The van der Waals surface area contributed by atoms with Crippen LogP contribution in [0.2, 0.25) is 0 Å². The standard InChI is InChI=1S/C13H23NO3/c1-6-8(2)13(17)14-10(4)12(16)7-9(3)11(5)15/h8-10H,6-7H2,1-5H3,(H,14,17)/t8-,9-,10-/m1/s1. The molecule has 0 bridgehead atoms. The van der Waals surface area contributed by atoms with Crippen LogP contribution in [0.4, 0.5) is 0 Å². The molecule has 17 heavy (non-hydrogen) atoms. The van der Waals surface area contributed by atoms with Crippen LogP contribution in [-0.2, 0) is 14.4 Å². The average molecular weight is 241 g/mol. The van der Waals surface area contributed by atoms with Crippen molar-refractivity contribution in [1.29, 1.82) is 0 Å². The van der Waals surface area contributed by atoms with Gasteiger partial charge in [-0.3, -0.25) is 14.4 Å². The largest absolute Gasteiger partial charge is 0.346 e. The maximum absolute atomic E-state index is 11.7. The zero-order chi connectivity index (χ0) is 13.6. The molecule has 0 aromatic rings. The smallest absolute Gasteiger partial charge is 0.223 e. The van der Waals surface area contributed by atoms with Gasteiger partial charge in [0, 0.05) is 18.3 Å². The summed E-state index contributed by atoms with van der Waals surface area (Å²) >= 11 is 0. The van der Waals surface area contributed by atoms with Crippen molar-refractivity contribution >= 4 is 17.5 Å². The van der Waals surface area contributed by atoms with Crippen LogP contribution in [0.5, 0.6) is 0 Å². The predicted octanol–water partition coefficient (Wildman–Crippen LogP) is 1.72. The second kappa shape index (κ2) is 7.20. The molecule has 0 aliphatic carbocycles. The highest BCUT2D eigenvalue weighted by atomic mass is 16.2. The third kappa shape index (κ3) is 5.61. The van der Waals surface area contributed by atoms with Crippen molar-refractivity contribution in [3.8, 4) is 0 Å². The van der Waals surface area contributed by atoms with Gasteiger partial charge in [-0.2, -0.15) is 0 Å². The molecule has 0 aliphatic heterocycles. The van der Waals surface area contributed by atoms with E-state index < -0.39 is 6.04 Å². The minimum Gasteiger partial charge on any atom is -0.346 e. The molecule has 4 nitrogen and oxygen atoms in total. The summed E-state index contributed by atoms with van der Waals surface area (Å²) in [6, 6.07) is -0.515. The summed E-state index contributed by atoms with van der Waals surface area (Å²) in [5.41, 5.74) is 0. The van der Waals surface area contributed by atoms with Crippen molar-refractivity contribution in [2.24, 2.45) is 11.8 Å². The van der Waals surface area contributed by atoms with Crippen molar-refractivity contribution in [3.05, 3.63) is 0 Å². The lowest BCUT2D eigenvalue weighted by molar-refractivity contribution is -0.131. The molecule has 0 rings (SSSR count). The Labute approximate surface area is 103 Å². The van der Waals surface area contributed by atoms with Gasteiger partial charge in [0.15, 0.2) is 5.78 Å². The second-order valence-electron chi connectivity index (χ2n) is 4.72. The van der Waals surface area contributed by atoms with Crippen molar-refractivity contribution in [2.75, 3.05) is 0 Å². The number of carbonyl (C=O) groups is 3. The van der Waals surface area contributed by atoms with Gasteiger partial charge in [-0.05, 0) is 20.3 Å². The SMILES string of the molecule is CC[C@@H](C)C(=O)N[C@H](C)C(=O)C[C@@H](C)C(C)=O. The van der Waals surface area contributed by atoms with Crippen molar-refractivity contribution < 1.29 is 14.4 Å². The lowest BCUT2D eigenvalue weighted by Gasteiger charge is -2.17.